The van der Waals surface area contributed by atoms with Gasteiger partial charge in [0.2, 0.25) is 5.91 Å². The first-order valence-electron chi connectivity index (χ1n) is 5.46. The average molecular weight is 262 g/mol. The number of hydrogen-bond acceptors (Lipinski definition) is 4. The Morgan fingerprint density at radius 2 is 2.28 bits per heavy atom. The van der Waals surface area contributed by atoms with Gasteiger partial charge < -0.3 is 5.32 Å². The molecule has 0 fully saturated rings. The molecule has 1 N–H and O–H groups in total. The van der Waals surface area contributed by atoms with Gasteiger partial charge in [-0.25, -0.2) is 4.98 Å². The topological polar surface area (TPSA) is 59.8 Å². The standard InChI is InChI=1S/C12H14N4OS/c1-8-6-11(16(3)15-8)14-12(17)5-4-10-7-18-9(2)13-10/h4-7H,1-3H3,(H,14,17). The molecule has 0 atom stereocenters. The summed E-state index contributed by atoms with van der Waals surface area (Å²) in [5.41, 5.74) is 1.67. The summed E-state index contributed by atoms with van der Waals surface area (Å²) in [5, 5.41) is 9.81. The SMILES string of the molecule is Cc1cc(NC(=O)C=Cc2csc(C)n2)n(C)n1. The summed E-state index contributed by atoms with van der Waals surface area (Å²) < 4.78 is 1.63. The predicted molar refractivity (Wildman–Crippen MR) is 72.5 cm³/mol. The summed E-state index contributed by atoms with van der Waals surface area (Å²) in [4.78, 5) is 15.9. The van der Waals surface area contributed by atoms with Crippen LogP contribution in [-0.2, 0) is 11.8 Å². The van der Waals surface area contributed by atoms with Crippen LogP contribution in [0.15, 0.2) is 17.5 Å². The number of aryl methyl sites for hydroxylation is 3. The van der Waals surface area contributed by atoms with Gasteiger partial charge in [-0.1, -0.05) is 0 Å². The summed E-state index contributed by atoms with van der Waals surface area (Å²) in [5.74, 6) is 0.486. The number of carbonyl (C=O) groups is 1. The van der Waals surface area contributed by atoms with Crippen LogP contribution in [0.4, 0.5) is 5.82 Å². The van der Waals surface area contributed by atoms with Crippen LogP contribution < -0.4 is 5.32 Å². The number of amides is 1. The summed E-state index contributed by atoms with van der Waals surface area (Å²) in [7, 11) is 1.79. The van der Waals surface area contributed by atoms with Crippen molar-refractivity contribution in [1.29, 1.82) is 0 Å². The number of nitrogens with zero attached hydrogens (tertiary/aromatic N) is 3. The number of rotatable bonds is 3. The minimum Gasteiger partial charge on any atom is -0.307 e. The first-order chi connectivity index (χ1) is 8.54. The largest absolute Gasteiger partial charge is 0.307 e. The van der Waals surface area contributed by atoms with E-state index in [9.17, 15) is 4.79 Å². The van der Waals surface area contributed by atoms with E-state index in [4.69, 9.17) is 0 Å². The van der Waals surface area contributed by atoms with E-state index in [-0.39, 0.29) is 5.91 Å². The molecular weight excluding hydrogens is 248 g/mol. The van der Waals surface area contributed by atoms with E-state index < -0.39 is 0 Å². The Labute approximate surface area is 109 Å². The van der Waals surface area contributed by atoms with E-state index in [1.807, 2.05) is 25.3 Å². The number of nitrogens with one attached hydrogen (secondary N) is 1. The smallest absolute Gasteiger partial charge is 0.249 e. The van der Waals surface area contributed by atoms with E-state index >= 15 is 0 Å². The molecule has 0 bridgehead atoms. The second kappa shape index (κ2) is 5.14. The normalized spacial score (nSPS) is 11.1. The molecule has 2 aromatic heterocycles. The van der Waals surface area contributed by atoms with Crippen molar-refractivity contribution >= 4 is 29.1 Å². The summed E-state index contributed by atoms with van der Waals surface area (Å²) in [6.07, 6.45) is 3.17. The van der Waals surface area contributed by atoms with Gasteiger partial charge in [-0.15, -0.1) is 11.3 Å². The number of thiazole rings is 1. The minimum atomic E-state index is -0.191. The van der Waals surface area contributed by atoms with Gasteiger partial charge in [0, 0.05) is 24.6 Å². The second-order valence-corrected chi connectivity index (χ2v) is 4.97. The van der Waals surface area contributed by atoms with Gasteiger partial charge >= 0.3 is 0 Å². The fourth-order valence-corrected chi connectivity index (χ4v) is 2.09. The van der Waals surface area contributed by atoms with Gasteiger partial charge in [-0.2, -0.15) is 5.10 Å². The summed E-state index contributed by atoms with van der Waals surface area (Å²) in [6.45, 7) is 3.81. The Morgan fingerprint density at radius 1 is 1.50 bits per heavy atom. The fraction of sp³-hybridized carbons (Fsp3) is 0.250. The highest BCUT2D eigenvalue weighted by Gasteiger charge is 2.04. The van der Waals surface area contributed by atoms with Gasteiger partial charge in [-0.05, 0) is 19.9 Å². The molecule has 5 nitrogen and oxygen atoms in total. The van der Waals surface area contributed by atoms with Crippen molar-refractivity contribution in [3.05, 3.63) is 33.9 Å². The molecule has 0 radical (unpaired) electrons. The van der Waals surface area contributed by atoms with Crippen molar-refractivity contribution in [3.63, 3.8) is 0 Å². The molecule has 0 unspecified atom stereocenters. The van der Waals surface area contributed by atoms with Crippen LogP contribution in [0.2, 0.25) is 0 Å². The first-order valence-corrected chi connectivity index (χ1v) is 6.34. The van der Waals surface area contributed by atoms with Crippen LogP contribution in [0.25, 0.3) is 6.08 Å². The van der Waals surface area contributed by atoms with Crippen LogP contribution in [0.1, 0.15) is 16.4 Å². The Morgan fingerprint density at radius 3 is 2.83 bits per heavy atom. The monoisotopic (exact) mass is 262 g/mol. The number of anilines is 1. The van der Waals surface area contributed by atoms with Gasteiger partial charge in [-0.3, -0.25) is 9.48 Å². The van der Waals surface area contributed by atoms with Gasteiger partial charge in [0.25, 0.3) is 0 Å². The van der Waals surface area contributed by atoms with E-state index in [0.29, 0.717) is 5.82 Å². The molecule has 0 aliphatic rings. The van der Waals surface area contributed by atoms with E-state index in [2.05, 4.69) is 15.4 Å². The molecule has 0 saturated heterocycles. The third-order valence-electron chi connectivity index (χ3n) is 2.30. The zero-order valence-corrected chi connectivity index (χ0v) is 11.3. The Kier molecular flexibility index (Phi) is 3.57. The molecule has 94 valence electrons. The number of aromatic nitrogens is 3. The van der Waals surface area contributed by atoms with Crippen molar-refractivity contribution in [2.45, 2.75) is 13.8 Å². The van der Waals surface area contributed by atoms with Crippen LogP contribution in [0, 0.1) is 13.8 Å². The van der Waals surface area contributed by atoms with Gasteiger partial charge in [0.15, 0.2) is 0 Å². The molecule has 18 heavy (non-hydrogen) atoms. The molecule has 0 saturated carbocycles. The highest BCUT2D eigenvalue weighted by atomic mass is 32.1. The Bertz CT molecular complexity index is 597. The van der Waals surface area contributed by atoms with E-state index in [1.54, 1.807) is 29.1 Å². The molecule has 2 aromatic rings. The summed E-state index contributed by atoms with van der Waals surface area (Å²) in [6, 6.07) is 1.82. The zero-order valence-electron chi connectivity index (χ0n) is 10.5. The van der Waals surface area contributed by atoms with Crippen molar-refractivity contribution in [2.24, 2.45) is 7.05 Å². The molecule has 2 heterocycles. The number of hydrogen-bond donors (Lipinski definition) is 1. The Balaban J connectivity index is 2.01. The highest BCUT2D eigenvalue weighted by Crippen LogP contribution is 2.10. The van der Waals surface area contributed by atoms with Crippen LogP contribution >= 0.6 is 11.3 Å². The van der Waals surface area contributed by atoms with Crippen molar-refractivity contribution in [1.82, 2.24) is 14.8 Å². The van der Waals surface area contributed by atoms with Crippen LogP contribution in [0.5, 0.6) is 0 Å². The molecule has 0 aromatic carbocycles. The molecule has 0 aliphatic carbocycles. The molecule has 0 spiro atoms. The lowest BCUT2D eigenvalue weighted by Crippen LogP contribution is -2.11. The second-order valence-electron chi connectivity index (χ2n) is 3.91. The van der Waals surface area contributed by atoms with E-state index in [1.165, 1.54) is 6.08 Å². The average Bonchev–Trinajstić information content (AvgIpc) is 2.83. The molecule has 0 aliphatic heterocycles. The van der Waals surface area contributed by atoms with Crippen LogP contribution in [-0.4, -0.2) is 20.7 Å². The maximum Gasteiger partial charge on any atom is 0.249 e. The minimum absolute atomic E-state index is 0.191. The van der Waals surface area contributed by atoms with Crippen molar-refractivity contribution in [2.75, 3.05) is 5.32 Å². The van der Waals surface area contributed by atoms with Gasteiger partial charge in [0.1, 0.15) is 5.82 Å². The fourth-order valence-electron chi connectivity index (χ4n) is 1.51. The van der Waals surface area contributed by atoms with Crippen molar-refractivity contribution < 1.29 is 4.79 Å². The molecule has 2 rings (SSSR count). The van der Waals surface area contributed by atoms with Crippen molar-refractivity contribution in [3.8, 4) is 0 Å². The first kappa shape index (κ1) is 12.5. The molecular formula is C12H14N4OS. The summed E-state index contributed by atoms with van der Waals surface area (Å²) >= 11 is 1.56. The van der Waals surface area contributed by atoms with E-state index in [0.717, 1.165) is 16.4 Å². The maximum absolute atomic E-state index is 11.7. The third-order valence-corrected chi connectivity index (χ3v) is 3.09. The lowest BCUT2D eigenvalue weighted by Gasteiger charge is -2.00. The van der Waals surface area contributed by atoms with Crippen LogP contribution in [0.3, 0.4) is 0 Å². The highest BCUT2D eigenvalue weighted by molar-refractivity contribution is 7.09. The lowest BCUT2D eigenvalue weighted by atomic mass is 10.4. The lowest BCUT2D eigenvalue weighted by molar-refractivity contribution is -0.111. The quantitative estimate of drug-likeness (QED) is 0.862. The maximum atomic E-state index is 11.7. The predicted octanol–water partition coefficient (Wildman–Crippen LogP) is 2.15. The zero-order chi connectivity index (χ0) is 13.1. The third kappa shape index (κ3) is 3.04. The molecule has 6 heteroatoms. The van der Waals surface area contributed by atoms with Gasteiger partial charge in [0.05, 0.1) is 16.4 Å². The Hall–Kier alpha value is -1.95. The number of carbonyl (C=O) groups excluding carboxylic acids is 1. The molecule has 1 amide bonds.